The second-order valence-electron chi connectivity index (χ2n) is 4.57. The first-order chi connectivity index (χ1) is 9.83. The second kappa shape index (κ2) is 8.19. The lowest BCUT2D eigenvalue weighted by molar-refractivity contribution is -0.174. The average molecular weight is 309 g/mol. The maximum atomic E-state index is 13.7. The lowest BCUT2D eigenvalue weighted by Crippen LogP contribution is -2.18. The Balaban J connectivity index is 2.33. The van der Waals surface area contributed by atoms with Crippen molar-refractivity contribution in [3.8, 4) is 5.75 Å². The molecule has 3 nitrogen and oxygen atoms in total. The van der Waals surface area contributed by atoms with E-state index in [1.54, 1.807) is 13.1 Å². The Hall–Kier alpha value is -1.34. The van der Waals surface area contributed by atoms with Gasteiger partial charge in [-0.1, -0.05) is 6.07 Å². The molecule has 0 bridgehead atoms. The number of hydrogen-bond acceptors (Lipinski definition) is 3. The number of halogens is 4. The monoisotopic (exact) mass is 309 g/mol. The highest BCUT2D eigenvalue weighted by atomic mass is 19.4. The molecule has 0 aromatic heterocycles. The molecule has 21 heavy (non-hydrogen) atoms. The van der Waals surface area contributed by atoms with Crippen molar-refractivity contribution in [2.75, 3.05) is 26.9 Å². The van der Waals surface area contributed by atoms with E-state index >= 15 is 0 Å². The molecule has 0 heterocycles. The molecule has 0 saturated heterocycles. The predicted molar refractivity (Wildman–Crippen MR) is 70.9 cm³/mol. The zero-order valence-corrected chi connectivity index (χ0v) is 12.0. The van der Waals surface area contributed by atoms with Crippen LogP contribution in [0.15, 0.2) is 18.2 Å². The summed E-state index contributed by atoms with van der Waals surface area (Å²) >= 11 is 0. The van der Waals surface area contributed by atoms with Crippen LogP contribution in [0.25, 0.3) is 0 Å². The van der Waals surface area contributed by atoms with Crippen LogP contribution in [-0.4, -0.2) is 33.0 Å². The van der Waals surface area contributed by atoms with Crippen LogP contribution < -0.4 is 10.1 Å². The van der Waals surface area contributed by atoms with Gasteiger partial charge in [-0.25, -0.2) is 4.39 Å². The van der Waals surface area contributed by atoms with Gasteiger partial charge >= 0.3 is 6.18 Å². The molecule has 1 aromatic rings. The maximum absolute atomic E-state index is 13.7. The predicted octanol–water partition coefficient (Wildman–Crippen LogP) is 3.45. The van der Waals surface area contributed by atoms with Crippen LogP contribution >= 0.6 is 0 Å². The fourth-order valence-electron chi connectivity index (χ4n) is 1.60. The Morgan fingerprint density at radius 2 is 1.95 bits per heavy atom. The standard InChI is InChI=1S/C14H19F4NO2/c1-10(19-2)11-4-5-13(12(15)8-11)21-7-3-6-20-9-14(16,17)18/h4-5,8,10,19H,3,6-7,9H2,1-2H3. The molecule has 7 heteroatoms. The summed E-state index contributed by atoms with van der Waals surface area (Å²) in [6.45, 7) is 0.622. The second-order valence-corrected chi connectivity index (χ2v) is 4.57. The first-order valence-corrected chi connectivity index (χ1v) is 6.57. The molecule has 0 radical (unpaired) electrons. The van der Waals surface area contributed by atoms with Crippen molar-refractivity contribution >= 4 is 0 Å². The van der Waals surface area contributed by atoms with Crippen LogP contribution in [0, 0.1) is 5.82 Å². The number of ether oxygens (including phenoxy) is 2. The Bertz CT molecular complexity index is 437. The van der Waals surface area contributed by atoms with Crippen molar-refractivity contribution in [2.24, 2.45) is 0 Å². The first-order valence-electron chi connectivity index (χ1n) is 6.57. The zero-order chi connectivity index (χ0) is 15.9. The largest absolute Gasteiger partial charge is 0.490 e. The normalized spacial score (nSPS) is 13.2. The van der Waals surface area contributed by atoms with Gasteiger partial charge in [0.2, 0.25) is 0 Å². The van der Waals surface area contributed by atoms with Crippen LogP contribution in [0.1, 0.15) is 24.9 Å². The summed E-state index contributed by atoms with van der Waals surface area (Å²) in [6, 6.07) is 4.63. The van der Waals surface area contributed by atoms with Gasteiger partial charge in [0.1, 0.15) is 6.61 Å². The van der Waals surface area contributed by atoms with Crippen LogP contribution in [0.4, 0.5) is 17.6 Å². The van der Waals surface area contributed by atoms with Gasteiger partial charge in [0.15, 0.2) is 11.6 Å². The van der Waals surface area contributed by atoms with E-state index in [4.69, 9.17) is 4.74 Å². The molecule has 0 spiro atoms. The molecule has 0 aliphatic heterocycles. The molecule has 1 rings (SSSR count). The molecule has 120 valence electrons. The highest BCUT2D eigenvalue weighted by Gasteiger charge is 2.27. The fraction of sp³-hybridized carbons (Fsp3) is 0.571. The Labute approximate surface area is 121 Å². The van der Waals surface area contributed by atoms with Gasteiger partial charge in [0, 0.05) is 12.5 Å². The summed E-state index contributed by atoms with van der Waals surface area (Å²) in [7, 11) is 1.77. The van der Waals surface area contributed by atoms with Gasteiger partial charge in [0.25, 0.3) is 0 Å². The van der Waals surface area contributed by atoms with E-state index in [2.05, 4.69) is 10.1 Å². The molecule has 1 atom stereocenters. The van der Waals surface area contributed by atoms with Crippen LogP contribution in [0.2, 0.25) is 0 Å². The molecule has 0 aliphatic carbocycles. The van der Waals surface area contributed by atoms with Gasteiger partial charge in [0.05, 0.1) is 13.2 Å². The van der Waals surface area contributed by atoms with Crippen molar-refractivity contribution in [3.05, 3.63) is 29.6 Å². The van der Waals surface area contributed by atoms with Crippen molar-refractivity contribution in [1.29, 1.82) is 0 Å². The number of nitrogens with one attached hydrogen (secondary N) is 1. The quantitative estimate of drug-likeness (QED) is 0.589. The Kier molecular flexibility index (Phi) is 6.91. The molecule has 1 N–H and O–H groups in total. The van der Waals surface area contributed by atoms with Gasteiger partial charge in [-0.05, 0) is 31.7 Å². The van der Waals surface area contributed by atoms with Crippen molar-refractivity contribution in [2.45, 2.75) is 25.6 Å². The molecular formula is C14H19F4NO2. The maximum Gasteiger partial charge on any atom is 0.411 e. The van der Waals surface area contributed by atoms with Crippen LogP contribution in [-0.2, 0) is 4.74 Å². The minimum absolute atomic E-state index is 0.0179. The van der Waals surface area contributed by atoms with E-state index in [0.29, 0.717) is 0 Å². The minimum atomic E-state index is -4.33. The van der Waals surface area contributed by atoms with Crippen molar-refractivity contribution in [1.82, 2.24) is 5.32 Å². The van der Waals surface area contributed by atoms with Crippen LogP contribution in [0.5, 0.6) is 5.75 Å². The molecule has 0 fully saturated rings. The van der Waals surface area contributed by atoms with Crippen molar-refractivity contribution in [3.63, 3.8) is 0 Å². The molecular weight excluding hydrogens is 290 g/mol. The van der Waals surface area contributed by atoms with Gasteiger partial charge in [-0.3, -0.25) is 0 Å². The zero-order valence-electron chi connectivity index (χ0n) is 12.0. The van der Waals surface area contributed by atoms with E-state index in [9.17, 15) is 17.6 Å². The molecule has 0 aliphatic rings. The number of hydrogen-bond donors (Lipinski definition) is 1. The van der Waals surface area contributed by atoms with Gasteiger partial charge < -0.3 is 14.8 Å². The summed E-state index contributed by atoms with van der Waals surface area (Å²) in [5.74, 6) is -0.413. The first kappa shape index (κ1) is 17.7. The Morgan fingerprint density at radius 1 is 1.24 bits per heavy atom. The fourth-order valence-corrected chi connectivity index (χ4v) is 1.60. The van der Waals surface area contributed by atoms with E-state index in [-0.39, 0.29) is 31.4 Å². The number of alkyl halides is 3. The van der Waals surface area contributed by atoms with E-state index in [1.165, 1.54) is 12.1 Å². The molecule has 1 aromatic carbocycles. The smallest absolute Gasteiger partial charge is 0.411 e. The molecule has 0 saturated carbocycles. The lowest BCUT2D eigenvalue weighted by atomic mass is 10.1. The van der Waals surface area contributed by atoms with Gasteiger partial charge in [-0.2, -0.15) is 13.2 Å². The Morgan fingerprint density at radius 3 is 2.52 bits per heavy atom. The average Bonchev–Trinajstić information content (AvgIpc) is 2.42. The van der Waals surface area contributed by atoms with Crippen LogP contribution in [0.3, 0.4) is 0 Å². The molecule has 1 unspecified atom stereocenters. The lowest BCUT2D eigenvalue weighted by Gasteiger charge is -2.13. The summed E-state index contributed by atoms with van der Waals surface area (Å²) in [5, 5.41) is 2.99. The number of benzene rings is 1. The van der Waals surface area contributed by atoms with Crippen molar-refractivity contribution < 1.29 is 27.0 Å². The van der Waals surface area contributed by atoms with E-state index in [1.807, 2.05) is 6.92 Å². The SMILES string of the molecule is CNC(C)c1ccc(OCCCOCC(F)(F)F)c(F)c1. The third-order valence-corrected chi connectivity index (χ3v) is 2.85. The highest BCUT2D eigenvalue weighted by Crippen LogP contribution is 2.22. The third-order valence-electron chi connectivity index (χ3n) is 2.85. The molecule has 0 amide bonds. The summed E-state index contributed by atoms with van der Waals surface area (Å²) in [4.78, 5) is 0. The van der Waals surface area contributed by atoms with E-state index in [0.717, 1.165) is 5.56 Å². The summed E-state index contributed by atoms with van der Waals surface area (Å²) in [5.41, 5.74) is 0.788. The highest BCUT2D eigenvalue weighted by molar-refractivity contribution is 5.30. The summed E-state index contributed by atoms with van der Waals surface area (Å²) < 4.78 is 58.8. The van der Waals surface area contributed by atoms with Gasteiger partial charge in [-0.15, -0.1) is 0 Å². The topological polar surface area (TPSA) is 30.5 Å². The third kappa shape index (κ3) is 6.77. The van der Waals surface area contributed by atoms with E-state index < -0.39 is 18.6 Å². The summed E-state index contributed by atoms with van der Waals surface area (Å²) in [6.07, 6.45) is -4.07. The minimum Gasteiger partial charge on any atom is -0.490 e. The number of rotatable bonds is 8.